The van der Waals surface area contributed by atoms with Crippen LogP contribution in [0.25, 0.3) is 0 Å². The second-order valence-corrected chi connectivity index (χ2v) is 10.5. The van der Waals surface area contributed by atoms with Gasteiger partial charge in [0.25, 0.3) is 11.8 Å². The monoisotopic (exact) mass is 663 g/mol. The average molecular weight is 664 g/mol. The summed E-state index contributed by atoms with van der Waals surface area (Å²) in [5, 5.41) is 7.58. The molecule has 2 rings (SSSR count). The van der Waals surface area contributed by atoms with Crippen molar-refractivity contribution in [2.75, 3.05) is 13.2 Å². The van der Waals surface area contributed by atoms with E-state index in [2.05, 4.69) is 38.4 Å². The van der Waals surface area contributed by atoms with E-state index in [1.54, 1.807) is 25.1 Å². The zero-order valence-corrected chi connectivity index (χ0v) is 25.1. The molecule has 0 aliphatic heterocycles. The maximum Gasteiger partial charge on any atom is 0.262 e. The molecule has 2 aromatic carbocycles. The minimum absolute atomic E-state index is 0.142. The van der Waals surface area contributed by atoms with Gasteiger partial charge in [-0.15, -0.1) is 0 Å². The summed E-state index contributed by atoms with van der Waals surface area (Å²) in [6, 6.07) is 7.58. The van der Waals surface area contributed by atoms with Gasteiger partial charge in [-0.25, -0.2) is 5.43 Å². The highest BCUT2D eigenvalue weighted by Crippen LogP contribution is 2.34. The number of rotatable bonds is 13. The molecule has 0 aliphatic carbocycles. The van der Waals surface area contributed by atoms with Gasteiger partial charge in [0.05, 0.1) is 28.0 Å². The fourth-order valence-electron chi connectivity index (χ4n) is 3.26. The Balaban J connectivity index is 2.08. The summed E-state index contributed by atoms with van der Waals surface area (Å²) in [5.74, 6) is 0.827. The fourth-order valence-corrected chi connectivity index (χ4v) is 4.50. The molecule has 2 amide bonds. The molecule has 0 unspecified atom stereocenters. The summed E-state index contributed by atoms with van der Waals surface area (Å²) < 4.78 is 17.9. The first-order valence-corrected chi connectivity index (χ1v) is 13.7. The Kier molecular flexibility index (Phi) is 12.8. The number of nitrogens with zero attached hydrogens (tertiary/aromatic N) is 1. The predicted octanol–water partition coefficient (Wildman–Crippen LogP) is 5.84. The molecule has 37 heavy (non-hydrogen) atoms. The van der Waals surface area contributed by atoms with E-state index in [4.69, 9.17) is 37.4 Å². The SMILES string of the molecule is CCOc1cc(/C=N\NC(=O)[C@H](CC(C)C)NC(=O)[C@H](C)Oc2ccc(Cl)cc2Cl)cc(I)c1OCC. The molecule has 2 aromatic rings. The average Bonchev–Trinajstić information content (AvgIpc) is 2.82. The highest BCUT2D eigenvalue weighted by atomic mass is 127. The molecule has 0 aromatic heterocycles. The van der Waals surface area contributed by atoms with Crippen molar-refractivity contribution in [1.82, 2.24) is 10.7 Å². The van der Waals surface area contributed by atoms with E-state index in [-0.39, 0.29) is 10.9 Å². The first-order valence-electron chi connectivity index (χ1n) is 11.9. The van der Waals surface area contributed by atoms with E-state index in [1.165, 1.54) is 12.3 Å². The van der Waals surface area contributed by atoms with Crippen molar-refractivity contribution in [1.29, 1.82) is 0 Å². The molecular weight excluding hydrogens is 632 g/mol. The van der Waals surface area contributed by atoms with Crippen molar-refractivity contribution in [3.8, 4) is 17.2 Å². The lowest BCUT2D eigenvalue weighted by Crippen LogP contribution is -2.49. The Hall–Kier alpha value is -2.24. The molecule has 0 spiro atoms. The van der Waals surface area contributed by atoms with E-state index in [0.717, 1.165) is 9.13 Å². The maximum atomic E-state index is 12.9. The van der Waals surface area contributed by atoms with Gasteiger partial charge < -0.3 is 19.5 Å². The third-order valence-electron chi connectivity index (χ3n) is 4.92. The lowest BCUT2D eigenvalue weighted by Gasteiger charge is -2.22. The van der Waals surface area contributed by atoms with Gasteiger partial charge in [0, 0.05) is 5.02 Å². The van der Waals surface area contributed by atoms with Crippen molar-refractivity contribution in [2.24, 2.45) is 11.0 Å². The van der Waals surface area contributed by atoms with Crippen LogP contribution < -0.4 is 25.0 Å². The number of nitrogens with one attached hydrogen (secondary N) is 2. The number of hydrazone groups is 1. The van der Waals surface area contributed by atoms with Gasteiger partial charge in [-0.2, -0.15) is 5.10 Å². The number of amides is 2. The number of carbonyl (C=O) groups excluding carboxylic acids is 2. The smallest absolute Gasteiger partial charge is 0.262 e. The van der Waals surface area contributed by atoms with E-state index in [0.29, 0.717) is 41.9 Å². The Morgan fingerprint density at radius 1 is 1.03 bits per heavy atom. The zero-order valence-electron chi connectivity index (χ0n) is 21.4. The standard InChI is InChI=1S/C26H32Cl2IN3O5/c1-6-35-23-12-17(11-20(29)24(23)36-7-2)14-30-32-26(34)21(10-15(3)4)31-25(33)16(5)37-22-9-8-18(27)13-19(22)28/h8-9,11-16,21H,6-7,10H2,1-5H3,(H,31,33)(H,32,34)/b30-14-/t16-,21-/m0/s1. The molecule has 0 aliphatic rings. The van der Waals surface area contributed by atoms with Crippen molar-refractivity contribution in [3.63, 3.8) is 0 Å². The van der Waals surface area contributed by atoms with Crippen LogP contribution in [0.1, 0.15) is 46.6 Å². The van der Waals surface area contributed by atoms with E-state index in [1.807, 2.05) is 33.8 Å². The highest BCUT2D eigenvalue weighted by Gasteiger charge is 2.25. The number of hydrogen-bond acceptors (Lipinski definition) is 6. The first kappa shape index (κ1) is 31.0. The van der Waals surface area contributed by atoms with Crippen LogP contribution in [0.15, 0.2) is 35.4 Å². The van der Waals surface area contributed by atoms with E-state index >= 15 is 0 Å². The lowest BCUT2D eigenvalue weighted by molar-refractivity contribution is -0.132. The molecule has 202 valence electrons. The Morgan fingerprint density at radius 2 is 1.73 bits per heavy atom. The topological polar surface area (TPSA) is 98.2 Å². The van der Waals surface area contributed by atoms with Crippen LogP contribution in [0.5, 0.6) is 17.2 Å². The van der Waals surface area contributed by atoms with Gasteiger partial charge in [0.15, 0.2) is 17.6 Å². The number of carbonyl (C=O) groups is 2. The Labute approximate surface area is 241 Å². The molecular formula is C26H32Cl2IN3O5. The zero-order chi connectivity index (χ0) is 27.5. The molecule has 0 saturated heterocycles. The Morgan fingerprint density at radius 3 is 2.35 bits per heavy atom. The van der Waals surface area contributed by atoms with E-state index in [9.17, 15) is 9.59 Å². The van der Waals surface area contributed by atoms with Crippen LogP contribution in [0.3, 0.4) is 0 Å². The van der Waals surface area contributed by atoms with Crippen molar-refractivity contribution in [2.45, 2.75) is 53.2 Å². The third kappa shape index (κ3) is 9.86. The van der Waals surface area contributed by atoms with Crippen LogP contribution in [-0.4, -0.2) is 43.4 Å². The molecule has 11 heteroatoms. The summed E-state index contributed by atoms with van der Waals surface area (Å²) in [7, 11) is 0. The van der Waals surface area contributed by atoms with Crippen LogP contribution in [-0.2, 0) is 9.59 Å². The molecule has 0 saturated carbocycles. The summed E-state index contributed by atoms with van der Waals surface area (Å²) >= 11 is 14.2. The van der Waals surface area contributed by atoms with Gasteiger partial charge in [-0.1, -0.05) is 37.0 Å². The molecule has 2 atom stereocenters. The number of benzene rings is 2. The van der Waals surface area contributed by atoms with Crippen molar-refractivity contribution >= 4 is 63.8 Å². The second-order valence-electron chi connectivity index (χ2n) is 8.46. The first-order chi connectivity index (χ1) is 17.5. The maximum absolute atomic E-state index is 12.9. The summed E-state index contributed by atoms with van der Waals surface area (Å²) in [5.41, 5.74) is 3.25. The molecule has 0 radical (unpaired) electrons. The molecule has 0 heterocycles. The summed E-state index contributed by atoms with van der Waals surface area (Å²) in [6.07, 6.45) is 1.03. The predicted molar refractivity (Wildman–Crippen MR) is 155 cm³/mol. The van der Waals surface area contributed by atoms with Crippen LogP contribution in [0, 0.1) is 9.49 Å². The summed E-state index contributed by atoms with van der Waals surface area (Å²) in [6.45, 7) is 10.3. The summed E-state index contributed by atoms with van der Waals surface area (Å²) in [4.78, 5) is 25.7. The van der Waals surface area contributed by atoms with Crippen molar-refractivity contribution < 1.29 is 23.8 Å². The molecule has 2 N–H and O–H groups in total. The second kappa shape index (κ2) is 15.2. The fraction of sp³-hybridized carbons (Fsp3) is 0.423. The largest absolute Gasteiger partial charge is 0.490 e. The van der Waals surface area contributed by atoms with Crippen molar-refractivity contribution in [3.05, 3.63) is 49.5 Å². The Bertz CT molecular complexity index is 1110. The third-order valence-corrected chi connectivity index (χ3v) is 6.25. The normalized spacial score (nSPS) is 12.8. The molecule has 0 bridgehead atoms. The molecule has 0 fully saturated rings. The number of halogens is 3. The van der Waals surface area contributed by atoms with Gasteiger partial charge in [0.1, 0.15) is 11.8 Å². The van der Waals surface area contributed by atoms with Crippen LogP contribution >= 0.6 is 45.8 Å². The molecule has 8 nitrogen and oxygen atoms in total. The minimum Gasteiger partial charge on any atom is -0.490 e. The number of hydrogen-bond donors (Lipinski definition) is 2. The van der Waals surface area contributed by atoms with Gasteiger partial charge >= 0.3 is 0 Å². The minimum atomic E-state index is -0.896. The van der Waals surface area contributed by atoms with E-state index < -0.39 is 24.0 Å². The number of ether oxygens (including phenoxy) is 3. The van der Waals surface area contributed by atoms with Crippen LogP contribution in [0.4, 0.5) is 0 Å². The van der Waals surface area contributed by atoms with Gasteiger partial charge in [-0.3, -0.25) is 9.59 Å². The van der Waals surface area contributed by atoms with Gasteiger partial charge in [-0.05, 0) is 91.6 Å². The lowest BCUT2D eigenvalue weighted by atomic mass is 10.0. The highest BCUT2D eigenvalue weighted by molar-refractivity contribution is 14.1. The van der Waals surface area contributed by atoms with Gasteiger partial charge in [0.2, 0.25) is 0 Å². The quantitative estimate of drug-likeness (QED) is 0.159. The van der Waals surface area contributed by atoms with Crippen LogP contribution in [0.2, 0.25) is 10.0 Å².